The quantitative estimate of drug-likeness (QED) is 0.806. The summed E-state index contributed by atoms with van der Waals surface area (Å²) in [6.45, 7) is 3.67. The molecule has 1 aromatic rings. The normalized spacial score (nSPS) is 11.8. The lowest BCUT2D eigenvalue weighted by atomic mass is 9.90. The monoisotopic (exact) mass is 317 g/mol. The molecule has 6 nitrogen and oxygen atoms in total. The molecule has 1 aromatic heterocycles. The molecule has 0 saturated heterocycles. The summed E-state index contributed by atoms with van der Waals surface area (Å²) in [5, 5.41) is 15.3. The number of alkyl halides is 2. The van der Waals surface area contributed by atoms with Crippen molar-refractivity contribution in [2.24, 2.45) is 5.41 Å². The van der Waals surface area contributed by atoms with Crippen LogP contribution in [-0.2, 0) is 16.0 Å². The highest BCUT2D eigenvalue weighted by Crippen LogP contribution is 2.21. The molecule has 1 heterocycles. The van der Waals surface area contributed by atoms with Gasteiger partial charge in [0.25, 0.3) is 0 Å². The molecule has 0 radical (unpaired) electrons. The molecule has 0 spiro atoms. The number of carbonyl (C=O) groups excluding carboxylic acids is 1. The van der Waals surface area contributed by atoms with Gasteiger partial charge < -0.3 is 10.4 Å². The molecule has 124 valence electrons. The number of carboxylic acid groups (broad SMARTS) is 1. The van der Waals surface area contributed by atoms with E-state index < -0.39 is 17.9 Å². The van der Waals surface area contributed by atoms with Crippen LogP contribution in [0, 0.1) is 19.3 Å². The van der Waals surface area contributed by atoms with Gasteiger partial charge in [-0.05, 0) is 34.1 Å². The van der Waals surface area contributed by atoms with Gasteiger partial charge in [0.05, 0.1) is 17.5 Å². The summed E-state index contributed by atoms with van der Waals surface area (Å²) in [7, 11) is 0. The minimum Gasteiger partial charge on any atom is -0.481 e. The number of hydrogen-bond donors (Lipinski definition) is 2. The lowest BCUT2D eigenvalue weighted by Crippen LogP contribution is -2.32. The first-order valence-corrected chi connectivity index (χ1v) is 6.89. The van der Waals surface area contributed by atoms with Gasteiger partial charge in [0.2, 0.25) is 5.91 Å². The van der Waals surface area contributed by atoms with E-state index in [9.17, 15) is 18.4 Å². The first-order valence-electron chi connectivity index (χ1n) is 6.89. The Hall–Kier alpha value is -1.99. The molecular weight excluding hydrogens is 296 g/mol. The standard InChI is InChI=1S/C14H21F2N3O3/c1-8-10(9(2)19(18-8)13(15)16)7-11(20)17-6-5-14(3,4)12(21)22/h13H,5-7H2,1-4H3,(H,17,20)(H,21,22). The van der Waals surface area contributed by atoms with E-state index in [-0.39, 0.29) is 31.0 Å². The smallest absolute Gasteiger partial charge is 0.333 e. The van der Waals surface area contributed by atoms with Gasteiger partial charge in [0.15, 0.2) is 0 Å². The fourth-order valence-electron chi connectivity index (χ4n) is 1.99. The van der Waals surface area contributed by atoms with E-state index in [4.69, 9.17) is 5.11 Å². The summed E-state index contributed by atoms with van der Waals surface area (Å²) in [6.07, 6.45) is 0.222. The number of aryl methyl sites for hydroxylation is 1. The topological polar surface area (TPSA) is 84.2 Å². The van der Waals surface area contributed by atoms with Crippen LogP contribution in [0.2, 0.25) is 0 Å². The van der Waals surface area contributed by atoms with Crippen LogP contribution in [0.15, 0.2) is 0 Å². The molecule has 0 bridgehead atoms. The second-order valence-corrected chi connectivity index (χ2v) is 5.84. The Labute approximate surface area is 127 Å². The lowest BCUT2D eigenvalue weighted by molar-refractivity contribution is -0.147. The van der Waals surface area contributed by atoms with Crippen molar-refractivity contribution in [3.05, 3.63) is 17.0 Å². The Bertz CT molecular complexity index is 568. The van der Waals surface area contributed by atoms with Gasteiger partial charge in [-0.25, -0.2) is 4.68 Å². The third kappa shape index (κ3) is 4.25. The van der Waals surface area contributed by atoms with Gasteiger partial charge in [-0.3, -0.25) is 9.59 Å². The number of halogens is 2. The fourth-order valence-corrected chi connectivity index (χ4v) is 1.99. The van der Waals surface area contributed by atoms with Gasteiger partial charge in [0.1, 0.15) is 0 Å². The number of aliphatic carboxylic acids is 1. The summed E-state index contributed by atoms with van der Waals surface area (Å²) in [5.74, 6) is -1.28. The molecule has 0 aromatic carbocycles. The average Bonchev–Trinajstić information content (AvgIpc) is 2.66. The predicted molar refractivity (Wildman–Crippen MR) is 75.7 cm³/mol. The van der Waals surface area contributed by atoms with E-state index in [0.29, 0.717) is 15.9 Å². The number of nitrogens with one attached hydrogen (secondary N) is 1. The summed E-state index contributed by atoms with van der Waals surface area (Å²) >= 11 is 0. The van der Waals surface area contributed by atoms with Crippen LogP contribution in [-0.4, -0.2) is 33.3 Å². The van der Waals surface area contributed by atoms with Crippen molar-refractivity contribution in [3.63, 3.8) is 0 Å². The van der Waals surface area contributed by atoms with Crippen molar-refractivity contribution in [2.75, 3.05) is 6.54 Å². The maximum Gasteiger partial charge on any atom is 0.333 e. The van der Waals surface area contributed by atoms with Crippen molar-refractivity contribution < 1.29 is 23.5 Å². The van der Waals surface area contributed by atoms with Crippen molar-refractivity contribution in [1.82, 2.24) is 15.1 Å². The van der Waals surface area contributed by atoms with Crippen LogP contribution in [0.1, 0.15) is 43.8 Å². The molecule has 0 aliphatic rings. The minimum absolute atomic E-state index is 0.0577. The Balaban J connectivity index is 2.62. The Morgan fingerprint density at radius 2 is 1.95 bits per heavy atom. The minimum atomic E-state index is -2.74. The molecule has 22 heavy (non-hydrogen) atoms. The SMILES string of the molecule is Cc1nn(C(F)F)c(C)c1CC(=O)NCCC(C)(C)C(=O)O. The fraction of sp³-hybridized carbons (Fsp3) is 0.643. The van der Waals surface area contributed by atoms with Crippen molar-refractivity contribution in [1.29, 1.82) is 0 Å². The van der Waals surface area contributed by atoms with Gasteiger partial charge in [-0.2, -0.15) is 13.9 Å². The molecule has 0 unspecified atom stereocenters. The van der Waals surface area contributed by atoms with Crippen LogP contribution < -0.4 is 5.32 Å². The van der Waals surface area contributed by atoms with E-state index in [1.165, 1.54) is 6.92 Å². The zero-order valence-corrected chi connectivity index (χ0v) is 13.1. The highest BCUT2D eigenvalue weighted by molar-refractivity contribution is 5.79. The summed E-state index contributed by atoms with van der Waals surface area (Å²) in [4.78, 5) is 22.8. The van der Waals surface area contributed by atoms with Gasteiger partial charge in [-0.1, -0.05) is 0 Å². The molecular formula is C14H21F2N3O3. The molecule has 8 heteroatoms. The van der Waals surface area contributed by atoms with E-state index in [2.05, 4.69) is 10.4 Å². The van der Waals surface area contributed by atoms with Gasteiger partial charge >= 0.3 is 12.5 Å². The molecule has 1 rings (SSSR count). The molecule has 0 fully saturated rings. The summed E-state index contributed by atoms with van der Waals surface area (Å²) < 4.78 is 26.0. The van der Waals surface area contributed by atoms with E-state index >= 15 is 0 Å². The maximum atomic E-state index is 12.7. The van der Waals surface area contributed by atoms with Crippen LogP contribution in [0.25, 0.3) is 0 Å². The predicted octanol–water partition coefficient (Wildman–Crippen LogP) is 2.05. The number of amides is 1. The number of carboxylic acids is 1. The van der Waals surface area contributed by atoms with Crippen LogP contribution >= 0.6 is 0 Å². The zero-order valence-electron chi connectivity index (χ0n) is 13.1. The third-order valence-corrected chi connectivity index (χ3v) is 3.65. The first kappa shape index (κ1) is 18.1. The summed E-state index contributed by atoms with van der Waals surface area (Å²) in [5.41, 5.74) is 0.183. The molecule has 1 amide bonds. The Kier molecular flexibility index (Phi) is 5.62. The molecule has 2 N–H and O–H groups in total. The lowest BCUT2D eigenvalue weighted by Gasteiger charge is -2.18. The third-order valence-electron chi connectivity index (χ3n) is 3.65. The maximum absolute atomic E-state index is 12.7. The molecule has 0 aliphatic carbocycles. The Morgan fingerprint density at radius 1 is 1.36 bits per heavy atom. The molecule has 0 aliphatic heterocycles. The average molecular weight is 317 g/mol. The first-order chi connectivity index (χ1) is 10.1. The van der Waals surface area contributed by atoms with Crippen LogP contribution in [0.3, 0.4) is 0 Å². The Morgan fingerprint density at radius 3 is 2.41 bits per heavy atom. The number of aromatic nitrogens is 2. The highest BCUT2D eigenvalue weighted by Gasteiger charge is 2.26. The second-order valence-electron chi connectivity index (χ2n) is 5.84. The number of nitrogens with zero attached hydrogens (tertiary/aromatic N) is 2. The number of rotatable bonds is 7. The van der Waals surface area contributed by atoms with Crippen molar-refractivity contribution in [3.8, 4) is 0 Å². The van der Waals surface area contributed by atoms with Gasteiger partial charge in [0, 0.05) is 17.8 Å². The van der Waals surface area contributed by atoms with Gasteiger partial charge in [-0.15, -0.1) is 0 Å². The largest absolute Gasteiger partial charge is 0.481 e. The van der Waals surface area contributed by atoms with Crippen LogP contribution in [0.4, 0.5) is 8.78 Å². The number of carbonyl (C=O) groups is 2. The van der Waals surface area contributed by atoms with Crippen molar-refractivity contribution >= 4 is 11.9 Å². The van der Waals surface area contributed by atoms with E-state index in [0.717, 1.165) is 0 Å². The summed E-state index contributed by atoms with van der Waals surface area (Å²) in [6, 6.07) is 0. The van der Waals surface area contributed by atoms with Crippen molar-refractivity contribution in [2.45, 2.75) is 47.1 Å². The molecule has 0 saturated carbocycles. The highest BCUT2D eigenvalue weighted by atomic mass is 19.3. The van der Waals surface area contributed by atoms with E-state index in [1.54, 1.807) is 20.8 Å². The van der Waals surface area contributed by atoms with E-state index in [1.807, 2.05) is 0 Å². The zero-order chi connectivity index (χ0) is 17.1. The van der Waals surface area contributed by atoms with Crippen LogP contribution in [0.5, 0.6) is 0 Å². The number of hydrogen-bond acceptors (Lipinski definition) is 3. The molecule has 0 atom stereocenters. The second kappa shape index (κ2) is 6.85.